The Morgan fingerprint density at radius 1 is 1.23 bits per heavy atom. The second-order valence-corrected chi connectivity index (χ2v) is 4.14. The summed E-state index contributed by atoms with van der Waals surface area (Å²) in [6, 6.07) is 3.58. The van der Waals surface area contributed by atoms with Gasteiger partial charge in [-0.15, -0.1) is 0 Å². The van der Waals surface area contributed by atoms with Crippen molar-refractivity contribution in [2.75, 3.05) is 0 Å². The van der Waals surface area contributed by atoms with Gasteiger partial charge in [-0.05, 0) is 45.6 Å². The summed E-state index contributed by atoms with van der Waals surface area (Å²) < 4.78 is 0.668. The molecular formula is C10H9BrO2. The number of hydrogen-bond donors (Lipinski definition) is 1. The average Bonchev–Trinajstić information content (AvgIpc) is 2.08. The normalized spacial score (nSPS) is 15.6. The molecule has 0 unspecified atom stereocenters. The standard InChI is InChI=1S/C10H9BrO2/c11-9-4-7-3-8(12)2-1-6(7)5-10(9)13/h4-5,13H,1-3H2. The molecule has 2 rings (SSSR count). The molecule has 0 aliphatic heterocycles. The van der Waals surface area contributed by atoms with Gasteiger partial charge in [-0.25, -0.2) is 0 Å². The van der Waals surface area contributed by atoms with E-state index in [0.717, 1.165) is 17.5 Å². The van der Waals surface area contributed by atoms with Crippen molar-refractivity contribution in [3.63, 3.8) is 0 Å². The van der Waals surface area contributed by atoms with E-state index in [2.05, 4.69) is 15.9 Å². The molecule has 13 heavy (non-hydrogen) atoms. The van der Waals surface area contributed by atoms with Crippen LogP contribution in [-0.4, -0.2) is 10.9 Å². The highest BCUT2D eigenvalue weighted by Crippen LogP contribution is 2.30. The molecule has 0 saturated heterocycles. The predicted molar refractivity (Wildman–Crippen MR) is 52.8 cm³/mol. The number of aromatic hydroxyl groups is 1. The third-order valence-electron chi connectivity index (χ3n) is 2.33. The van der Waals surface area contributed by atoms with E-state index in [1.165, 1.54) is 0 Å². The molecule has 1 aromatic carbocycles. The summed E-state index contributed by atoms with van der Waals surface area (Å²) in [5.74, 6) is 0.540. The highest BCUT2D eigenvalue weighted by atomic mass is 79.9. The van der Waals surface area contributed by atoms with Crippen LogP contribution in [0.2, 0.25) is 0 Å². The van der Waals surface area contributed by atoms with Gasteiger partial charge in [0.2, 0.25) is 0 Å². The smallest absolute Gasteiger partial charge is 0.137 e. The lowest BCUT2D eigenvalue weighted by Crippen LogP contribution is -2.12. The van der Waals surface area contributed by atoms with Crippen molar-refractivity contribution in [3.05, 3.63) is 27.7 Å². The first-order valence-electron chi connectivity index (χ1n) is 4.19. The van der Waals surface area contributed by atoms with Crippen LogP contribution in [0.4, 0.5) is 0 Å². The van der Waals surface area contributed by atoms with E-state index in [4.69, 9.17) is 0 Å². The minimum Gasteiger partial charge on any atom is -0.507 e. The molecule has 0 saturated carbocycles. The molecule has 1 aliphatic carbocycles. The lowest BCUT2D eigenvalue weighted by atomic mass is 9.91. The highest BCUT2D eigenvalue weighted by Gasteiger charge is 2.16. The Bertz CT molecular complexity index is 371. The number of fused-ring (bicyclic) bond motifs is 1. The Kier molecular flexibility index (Phi) is 2.12. The number of Topliss-reactive ketones (excluding diaryl/α,β-unsaturated/α-hetero) is 1. The first kappa shape index (κ1) is 8.75. The molecule has 3 heteroatoms. The van der Waals surface area contributed by atoms with Crippen molar-refractivity contribution >= 4 is 21.7 Å². The lowest BCUT2D eigenvalue weighted by Gasteiger charge is -2.15. The summed E-state index contributed by atoms with van der Waals surface area (Å²) in [5, 5.41) is 9.41. The molecule has 68 valence electrons. The summed E-state index contributed by atoms with van der Waals surface area (Å²) >= 11 is 3.23. The second kappa shape index (κ2) is 3.14. The van der Waals surface area contributed by atoms with E-state index in [1.54, 1.807) is 6.07 Å². The molecule has 0 spiro atoms. The van der Waals surface area contributed by atoms with Crippen LogP contribution in [0.3, 0.4) is 0 Å². The zero-order chi connectivity index (χ0) is 9.42. The highest BCUT2D eigenvalue weighted by molar-refractivity contribution is 9.10. The number of hydrogen-bond acceptors (Lipinski definition) is 2. The Morgan fingerprint density at radius 2 is 2.00 bits per heavy atom. The van der Waals surface area contributed by atoms with Crippen LogP contribution in [0, 0.1) is 0 Å². The molecule has 0 bridgehead atoms. The van der Waals surface area contributed by atoms with Crippen molar-refractivity contribution in [2.24, 2.45) is 0 Å². The van der Waals surface area contributed by atoms with Crippen molar-refractivity contribution in [2.45, 2.75) is 19.3 Å². The third-order valence-corrected chi connectivity index (χ3v) is 2.97. The summed E-state index contributed by atoms with van der Waals surface area (Å²) in [7, 11) is 0. The Morgan fingerprint density at radius 3 is 2.77 bits per heavy atom. The summed E-state index contributed by atoms with van der Waals surface area (Å²) in [6.07, 6.45) is 1.87. The molecule has 2 nitrogen and oxygen atoms in total. The number of aryl methyl sites for hydroxylation is 1. The van der Waals surface area contributed by atoms with Gasteiger partial charge in [0.05, 0.1) is 4.47 Å². The van der Waals surface area contributed by atoms with E-state index in [9.17, 15) is 9.90 Å². The van der Waals surface area contributed by atoms with Crippen LogP contribution in [0.1, 0.15) is 17.5 Å². The van der Waals surface area contributed by atoms with Crippen LogP contribution in [0.25, 0.3) is 0 Å². The molecule has 1 aliphatic rings. The maximum Gasteiger partial charge on any atom is 0.137 e. The van der Waals surface area contributed by atoms with E-state index in [-0.39, 0.29) is 11.5 Å². The summed E-state index contributed by atoms with van der Waals surface area (Å²) in [4.78, 5) is 11.1. The number of carbonyl (C=O) groups excluding carboxylic acids is 1. The predicted octanol–water partition coefficient (Wildman–Crippen LogP) is 2.21. The number of halogens is 1. The minimum atomic E-state index is 0.257. The molecule has 0 heterocycles. The van der Waals surface area contributed by atoms with Gasteiger partial charge in [-0.1, -0.05) is 0 Å². The molecule has 0 atom stereocenters. The number of phenolic OH excluding ortho intramolecular Hbond substituents is 1. The molecule has 0 radical (unpaired) electrons. The summed E-state index contributed by atoms with van der Waals surface area (Å²) in [6.45, 7) is 0. The average molecular weight is 241 g/mol. The molecule has 0 aromatic heterocycles. The van der Waals surface area contributed by atoms with Crippen LogP contribution in [0.15, 0.2) is 16.6 Å². The van der Waals surface area contributed by atoms with Gasteiger partial charge in [0.15, 0.2) is 0 Å². The van der Waals surface area contributed by atoms with Gasteiger partial charge in [0.25, 0.3) is 0 Å². The number of benzene rings is 1. The molecular weight excluding hydrogens is 232 g/mol. The SMILES string of the molecule is O=C1CCc2cc(O)c(Br)cc2C1. The maximum atomic E-state index is 11.1. The van der Waals surface area contributed by atoms with Crippen LogP contribution < -0.4 is 0 Å². The van der Waals surface area contributed by atoms with Crippen LogP contribution in [-0.2, 0) is 17.6 Å². The quantitative estimate of drug-likeness (QED) is 0.756. The number of ketones is 1. The third kappa shape index (κ3) is 1.61. The van der Waals surface area contributed by atoms with E-state index >= 15 is 0 Å². The van der Waals surface area contributed by atoms with Crippen molar-refractivity contribution in [1.29, 1.82) is 0 Å². The minimum absolute atomic E-state index is 0.257. The van der Waals surface area contributed by atoms with Gasteiger partial charge in [-0.2, -0.15) is 0 Å². The Labute approximate surface area is 84.7 Å². The lowest BCUT2D eigenvalue weighted by molar-refractivity contribution is -0.118. The number of rotatable bonds is 0. The van der Waals surface area contributed by atoms with E-state index < -0.39 is 0 Å². The van der Waals surface area contributed by atoms with Gasteiger partial charge < -0.3 is 5.11 Å². The van der Waals surface area contributed by atoms with E-state index in [0.29, 0.717) is 17.3 Å². The largest absolute Gasteiger partial charge is 0.507 e. The molecule has 1 N–H and O–H groups in total. The van der Waals surface area contributed by atoms with Crippen LogP contribution in [0.5, 0.6) is 5.75 Å². The van der Waals surface area contributed by atoms with Crippen molar-refractivity contribution in [1.82, 2.24) is 0 Å². The summed E-state index contributed by atoms with van der Waals surface area (Å²) in [5.41, 5.74) is 2.14. The fourth-order valence-electron chi connectivity index (χ4n) is 1.62. The maximum absolute atomic E-state index is 11.1. The number of carbonyl (C=O) groups is 1. The Balaban J connectivity index is 2.49. The Hall–Kier alpha value is -0.830. The second-order valence-electron chi connectivity index (χ2n) is 3.29. The van der Waals surface area contributed by atoms with Crippen LogP contribution >= 0.6 is 15.9 Å². The fourth-order valence-corrected chi connectivity index (χ4v) is 2.01. The fraction of sp³-hybridized carbons (Fsp3) is 0.300. The monoisotopic (exact) mass is 240 g/mol. The zero-order valence-electron chi connectivity index (χ0n) is 7.01. The van der Waals surface area contributed by atoms with E-state index in [1.807, 2.05) is 6.07 Å². The van der Waals surface area contributed by atoms with Crippen molar-refractivity contribution in [3.8, 4) is 5.75 Å². The van der Waals surface area contributed by atoms with Gasteiger partial charge in [0.1, 0.15) is 11.5 Å². The molecule has 1 aromatic rings. The van der Waals surface area contributed by atoms with Gasteiger partial charge in [-0.3, -0.25) is 4.79 Å². The zero-order valence-corrected chi connectivity index (χ0v) is 8.60. The van der Waals surface area contributed by atoms with Gasteiger partial charge in [0, 0.05) is 12.8 Å². The first-order chi connectivity index (χ1) is 6.16. The van der Waals surface area contributed by atoms with Gasteiger partial charge >= 0.3 is 0 Å². The number of phenols is 1. The topological polar surface area (TPSA) is 37.3 Å². The first-order valence-corrected chi connectivity index (χ1v) is 4.98. The molecule has 0 amide bonds. The molecule has 0 fully saturated rings. The van der Waals surface area contributed by atoms with Crippen molar-refractivity contribution < 1.29 is 9.90 Å².